The molecule has 1 fully saturated rings. The van der Waals surface area contributed by atoms with Gasteiger partial charge in [-0.25, -0.2) is 8.60 Å². The number of benzene rings is 1. The van der Waals surface area contributed by atoms with Crippen molar-refractivity contribution < 1.29 is 31.1 Å². The summed E-state index contributed by atoms with van der Waals surface area (Å²) in [5.41, 5.74) is 0.271. The van der Waals surface area contributed by atoms with Crippen LogP contribution in [-0.4, -0.2) is 38.8 Å². The number of hydrogen-bond acceptors (Lipinski definition) is 2. The van der Waals surface area contributed by atoms with Crippen LogP contribution >= 0.6 is 0 Å². The molecule has 4 nitrogen and oxygen atoms in total. The minimum absolute atomic E-state index is 0.0296. The maximum Gasteiger partial charge on any atom is 0.471 e. The van der Waals surface area contributed by atoms with E-state index in [9.17, 15) is 26.6 Å². The van der Waals surface area contributed by atoms with Crippen LogP contribution in [0, 0.1) is 11.7 Å². The van der Waals surface area contributed by atoms with Crippen molar-refractivity contribution in [1.29, 1.82) is 0 Å². The highest BCUT2D eigenvalue weighted by Gasteiger charge is 2.44. The number of alkyl halides is 3. The van der Waals surface area contributed by atoms with Crippen molar-refractivity contribution >= 4 is 17.0 Å². The third-order valence-electron chi connectivity index (χ3n) is 3.53. The molecule has 1 aromatic carbocycles. The fourth-order valence-electron chi connectivity index (χ4n) is 2.55. The lowest BCUT2D eigenvalue weighted by Gasteiger charge is -2.18. The molecule has 122 valence electrons. The van der Waals surface area contributed by atoms with Gasteiger partial charge in [0.25, 0.3) is 0 Å². The predicted molar refractivity (Wildman–Crippen MR) is 69.9 cm³/mol. The summed E-state index contributed by atoms with van der Waals surface area (Å²) in [7, 11) is 0. The Balaban J connectivity index is 2.09. The van der Waals surface area contributed by atoms with Crippen molar-refractivity contribution in [2.45, 2.75) is 23.9 Å². The second kappa shape index (κ2) is 6.33. The van der Waals surface area contributed by atoms with Crippen LogP contribution in [0.5, 0.6) is 0 Å². The van der Waals surface area contributed by atoms with Gasteiger partial charge in [-0.15, -0.1) is 0 Å². The molecule has 0 aromatic heterocycles. The summed E-state index contributed by atoms with van der Waals surface area (Å²) in [5, 5.41) is 0. The first-order valence-electron chi connectivity index (χ1n) is 6.44. The van der Waals surface area contributed by atoms with E-state index in [1.165, 1.54) is 6.07 Å². The summed E-state index contributed by atoms with van der Waals surface area (Å²) < 4.78 is 70.7. The van der Waals surface area contributed by atoms with Gasteiger partial charge in [0.2, 0.25) is 0 Å². The van der Waals surface area contributed by atoms with Gasteiger partial charge in [0.05, 0.1) is 4.90 Å². The second-order valence-corrected chi connectivity index (χ2v) is 6.05. The van der Waals surface area contributed by atoms with Crippen LogP contribution in [0.4, 0.5) is 17.6 Å². The predicted octanol–water partition coefficient (Wildman–Crippen LogP) is 2.36. The monoisotopic (exact) mass is 339 g/mol. The third-order valence-corrected chi connectivity index (χ3v) is 4.31. The van der Waals surface area contributed by atoms with Gasteiger partial charge in [-0.05, 0) is 42.5 Å². The second-order valence-electron chi connectivity index (χ2n) is 5.11. The van der Waals surface area contributed by atoms with Crippen LogP contribution in [0.1, 0.15) is 12.0 Å². The van der Waals surface area contributed by atoms with Crippen molar-refractivity contribution in [2.24, 2.45) is 5.92 Å². The highest BCUT2D eigenvalue weighted by Crippen LogP contribution is 2.28. The first-order valence-corrected chi connectivity index (χ1v) is 7.54. The van der Waals surface area contributed by atoms with E-state index in [0.717, 1.165) is 12.1 Å². The van der Waals surface area contributed by atoms with Gasteiger partial charge in [0.15, 0.2) is 11.1 Å². The lowest BCUT2D eigenvalue weighted by atomic mass is 9.98. The smallest absolute Gasteiger partial charge is 0.335 e. The summed E-state index contributed by atoms with van der Waals surface area (Å²) in [4.78, 5) is 11.9. The largest absolute Gasteiger partial charge is 0.471 e. The van der Waals surface area contributed by atoms with Gasteiger partial charge >= 0.3 is 12.1 Å². The summed E-state index contributed by atoms with van der Waals surface area (Å²) in [5.74, 6) is -2.79. The molecule has 2 rings (SSSR count). The molecule has 0 bridgehead atoms. The van der Waals surface area contributed by atoms with Gasteiger partial charge < -0.3 is 9.45 Å². The van der Waals surface area contributed by atoms with E-state index in [1.54, 1.807) is 0 Å². The van der Waals surface area contributed by atoms with Crippen molar-refractivity contribution in [2.75, 3.05) is 13.1 Å². The number of rotatable bonds is 3. The Morgan fingerprint density at radius 1 is 1.41 bits per heavy atom. The average molecular weight is 339 g/mol. The van der Waals surface area contributed by atoms with Crippen molar-refractivity contribution in [3.8, 4) is 0 Å². The fraction of sp³-hybridized carbons (Fsp3) is 0.462. The molecule has 1 heterocycles. The first-order chi connectivity index (χ1) is 10.2. The van der Waals surface area contributed by atoms with Crippen molar-refractivity contribution in [3.63, 3.8) is 0 Å². The number of hydrogen-bond donors (Lipinski definition) is 1. The number of carbonyl (C=O) groups is 1. The van der Waals surface area contributed by atoms with Crippen LogP contribution in [0.3, 0.4) is 0 Å². The Labute approximate surface area is 126 Å². The Morgan fingerprint density at radius 2 is 2.09 bits per heavy atom. The molecule has 2 atom stereocenters. The minimum atomic E-state index is -4.91. The summed E-state index contributed by atoms with van der Waals surface area (Å²) in [6.07, 6.45) is -4.44. The molecule has 1 saturated heterocycles. The Morgan fingerprint density at radius 3 is 2.68 bits per heavy atom. The van der Waals surface area contributed by atoms with E-state index in [-0.39, 0.29) is 35.9 Å². The zero-order valence-corrected chi connectivity index (χ0v) is 12.1. The maximum atomic E-state index is 13.3. The van der Waals surface area contributed by atoms with Crippen molar-refractivity contribution in [1.82, 2.24) is 4.90 Å². The molecule has 1 aromatic rings. The van der Waals surface area contributed by atoms with Crippen molar-refractivity contribution in [3.05, 3.63) is 29.6 Å². The van der Waals surface area contributed by atoms with Gasteiger partial charge in [0, 0.05) is 13.1 Å². The van der Waals surface area contributed by atoms with E-state index in [2.05, 4.69) is 0 Å². The van der Waals surface area contributed by atoms with Crippen LogP contribution in [0.15, 0.2) is 23.1 Å². The van der Waals surface area contributed by atoms with Crippen LogP contribution in [0.2, 0.25) is 0 Å². The molecular weight excluding hydrogens is 326 g/mol. The number of amides is 1. The van der Waals surface area contributed by atoms with E-state index in [1.807, 2.05) is 0 Å². The molecular formula is C13H13F4NO3S. The normalized spacial score (nSPS) is 20.2. The highest BCUT2D eigenvalue weighted by molar-refractivity contribution is 7.79. The standard InChI is InChI=1S/C13H13F4NO3S/c14-10-1-2-11(22(20)21)9(6-10)5-8-3-4-18(7-8)12(19)13(15,16)17/h1-2,6,8H,3-5,7H2,(H,20,21)/t8-/m0/s1. The summed E-state index contributed by atoms with van der Waals surface area (Å²) in [6, 6.07) is 3.31. The molecule has 1 N–H and O–H groups in total. The number of likely N-dealkylation sites (tertiary alicyclic amines) is 1. The van der Waals surface area contributed by atoms with E-state index < -0.39 is 29.0 Å². The molecule has 0 radical (unpaired) electrons. The molecule has 0 saturated carbocycles. The van der Waals surface area contributed by atoms with E-state index >= 15 is 0 Å². The number of nitrogens with zero attached hydrogens (tertiary/aromatic N) is 1. The molecule has 1 aliphatic heterocycles. The molecule has 0 spiro atoms. The lowest BCUT2D eigenvalue weighted by Crippen LogP contribution is -2.39. The number of halogens is 4. The van der Waals surface area contributed by atoms with Gasteiger partial charge in [0.1, 0.15) is 5.82 Å². The molecule has 1 aliphatic rings. The Kier molecular flexibility index (Phi) is 4.86. The van der Waals surface area contributed by atoms with Crippen LogP contribution in [0.25, 0.3) is 0 Å². The SMILES string of the molecule is O=C(N1CC[C@@H](Cc2cc(F)ccc2S(=O)O)C1)C(F)(F)F. The quantitative estimate of drug-likeness (QED) is 0.679. The fourth-order valence-corrected chi connectivity index (χ4v) is 3.10. The lowest BCUT2D eigenvalue weighted by molar-refractivity contribution is -0.184. The maximum absolute atomic E-state index is 13.3. The van der Waals surface area contributed by atoms with Gasteiger partial charge in [-0.2, -0.15) is 13.2 Å². The third kappa shape index (κ3) is 3.83. The molecule has 22 heavy (non-hydrogen) atoms. The van der Waals surface area contributed by atoms with Gasteiger partial charge in [-0.1, -0.05) is 0 Å². The van der Waals surface area contributed by atoms with Crippen LogP contribution in [-0.2, 0) is 22.3 Å². The van der Waals surface area contributed by atoms with E-state index in [0.29, 0.717) is 11.3 Å². The minimum Gasteiger partial charge on any atom is -0.335 e. The van der Waals surface area contributed by atoms with Crippen LogP contribution < -0.4 is 0 Å². The topological polar surface area (TPSA) is 57.6 Å². The zero-order chi connectivity index (χ0) is 16.5. The summed E-state index contributed by atoms with van der Waals surface area (Å²) >= 11 is -2.31. The Hall–Kier alpha value is -1.48. The Bertz CT molecular complexity index is 605. The van der Waals surface area contributed by atoms with E-state index in [4.69, 9.17) is 4.55 Å². The first kappa shape index (κ1) is 16.9. The molecule has 1 unspecified atom stereocenters. The highest BCUT2D eigenvalue weighted by atomic mass is 32.2. The number of carbonyl (C=O) groups excluding carboxylic acids is 1. The average Bonchev–Trinajstić information content (AvgIpc) is 2.84. The van der Waals surface area contributed by atoms with Gasteiger partial charge in [-0.3, -0.25) is 4.79 Å². The molecule has 0 aliphatic carbocycles. The molecule has 1 amide bonds. The molecule has 9 heteroatoms. The summed E-state index contributed by atoms with van der Waals surface area (Å²) in [6.45, 7) is -0.137. The zero-order valence-electron chi connectivity index (χ0n) is 11.3.